The monoisotopic (exact) mass is 528 g/mol. The molecule has 8 aromatic rings. The summed E-state index contributed by atoms with van der Waals surface area (Å²) < 4.78 is 2.33. The van der Waals surface area contributed by atoms with E-state index in [1.54, 1.807) is 0 Å². The van der Waals surface area contributed by atoms with Gasteiger partial charge in [-0.25, -0.2) is 4.98 Å². The zero-order valence-corrected chi connectivity index (χ0v) is 23.3. The molecule has 0 fully saturated rings. The van der Waals surface area contributed by atoms with Crippen LogP contribution >= 0.6 is 0 Å². The molecule has 4 heteroatoms. The molecule has 4 nitrogen and oxygen atoms in total. The Hall–Kier alpha value is -5.09. The highest BCUT2D eigenvalue weighted by molar-refractivity contribution is 6.22. The van der Waals surface area contributed by atoms with Gasteiger partial charge in [0.25, 0.3) is 0 Å². The quantitative estimate of drug-likeness (QED) is 0.210. The zero-order valence-electron chi connectivity index (χ0n) is 23.3. The molecule has 0 bridgehead atoms. The normalized spacial score (nSPS) is 12.3. The summed E-state index contributed by atoms with van der Waals surface area (Å²) in [5, 5.41) is 6.89. The first-order chi connectivity index (χ1) is 20.0. The van der Waals surface area contributed by atoms with Crippen molar-refractivity contribution in [1.82, 2.24) is 19.5 Å². The van der Waals surface area contributed by atoms with Crippen LogP contribution in [0, 0.1) is 0 Å². The first-order valence-corrected chi connectivity index (χ1v) is 14.0. The summed E-state index contributed by atoms with van der Waals surface area (Å²) in [7, 11) is 0. The minimum atomic E-state index is 0.0609. The first-order valence-electron chi connectivity index (χ1n) is 14.0. The fourth-order valence-electron chi connectivity index (χ4n) is 6.21. The smallest absolute Gasteiger partial charge is 0.146 e. The lowest BCUT2D eigenvalue weighted by Crippen LogP contribution is -2.11. The van der Waals surface area contributed by atoms with E-state index in [9.17, 15) is 0 Å². The Bertz CT molecular complexity index is 2290. The van der Waals surface area contributed by atoms with Crippen LogP contribution < -0.4 is 0 Å². The molecular formula is C37H28N4. The Labute approximate surface area is 237 Å². The second-order valence-electron chi connectivity index (χ2n) is 11.8. The van der Waals surface area contributed by atoms with Crippen molar-refractivity contribution in [3.05, 3.63) is 121 Å². The second kappa shape index (κ2) is 8.70. The third-order valence-corrected chi connectivity index (χ3v) is 8.23. The molecule has 0 atom stereocenters. The van der Waals surface area contributed by atoms with E-state index in [1.165, 1.54) is 27.1 Å². The second-order valence-corrected chi connectivity index (χ2v) is 11.8. The molecule has 0 aliphatic rings. The summed E-state index contributed by atoms with van der Waals surface area (Å²) in [6.07, 6.45) is 3.68. The summed E-state index contributed by atoms with van der Waals surface area (Å²) in [6, 6.07) is 36.7. The number of nitrogens with zero attached hydrogens (tertiary/aromatic N) is 4. The molecule has 0 saturated carbocycles. The van der Waals surface area contributed by atoms with Gasteiger partial charge in [-0.15, -0.1) is 0 Å². The molecule has 0 aliphatic heterocycles. The Kier molecular flexibility index (Phi) is 5.05. The van der Waals surface area contributed by atoms with E-state index >= 15 is 0 Å². The summed E-state index contributed by atoms with van der Waals surface area (Å²) >= 11 is 0. The van der Waals surface area contributed by atoms with Crippen LogP contribution in [0.2, 0.25) is 0 Å². The average molecular weight is 529 g/mol. The highest BCUT2D eigenvalue weighted by atomic mass is 15.1. The minimum absolute atomic E-state index is 0.0609. The molecule has 8 rings (SSSR count). The van der Waals surface area contributed by atoms with E-state index in [4.69, 9.17) is 15.0 Å². The van der Waals surface area contributed by atoms with Crippen LogP contribution in [0.25, 0.3) is 71.5 Å². The number of aromatic nitrogens is 4. The molecule has 3 heterocycles. The average Bonchev–Trinajstić information content (AvgIpc) is 3.41. The molecule has 0 N–H and O–H groups in total. The van der Waals surface area contributed by atoms with Crippen molar-refractivity contribution in [2.45, 2.75) is 26.2 Å². The maximum absolute atomic E-state index is 5.46. The lowest BCUT2D eigenvalue weighted by molar-refractivity contribution is 0.590. The van der Waals surface area contributed by atoms with Gasteiger partial charge in [0.2, 0.25) is 0 Å². The third kappa shape index (κ3) is 3.57. The highest BCUT2D eigenvalue weighted by Gasteiger charge is 2.23. The lowest BCUT2D eigenvalue weighted by atomic mass is 9.87. The predicted octanol–water partition coefficient (Wildman–Crippen LogP) is 9.39. The third-order valence-electron chi connectivity index (χ3n) is 8.23. The van der Waals surface area contributed by atoms with Crippen LogP contribution in [0.5, 0.6) is 0 Å². The van der Waals surface area contributed by atoms with E-state index in [0.717, 1.165) is 49.9 Å². The van der Waals surface area contributed by atoms with E-state index in [1.807, 2.05) is 24.5 Å². The van der Waals surface area contributed by atoms with Gasteiger partial charge >= 0.3 is 0 Å². The molecule has 0 unspecified atom stereocenters. The molecule has 0 radical (unpaired) electrons. The summed E-state index contributed by atoms with van der Waals surface area (Å²) in [4.78, 5) is 15.0. The summed E-state index contributed by atoms with van der Waals surface area (Å²) in [6.45, 7) is 6.75. The lowest BCUT2D eigenvalue weighted by Gasteiger charge is -2.20. The van der Waals surface area contributed by atoms with Gasteiger partial charge in [0.1, 0.15) is 5.82 Å². The fourth-order valence-corrected chi connectivity index (χ4v) is 6.21. The van der Waals surface area contributed by atoms with Crippen molar-refractivity contribution in [3.63, 3.8) is 0 Å². The van der Waals surface area contributed by atoms with E-state index in [2.05, 4.69) is 116 Å². The van der Waals surface area contributed by atoms with Gasteiger partial charge in [0.05, 0.1) is 22.1 Å². The molecule has 5 aromatic carbocycles. The van der Waals surface area contributed by atoms with Gasteiger partial charge in [-0.1, -0.05) is 81.4 Å². The minimum Gasteiger partial charge on any atom is -0.292 e. The van der Waals surface area contributed by atoms with Crippen molar-refractivity contribution in [2.75, 3.05) is 0 Å². The number of hydrogen-bond acceptors (Lipinski definition) is 3. The molecular weight excluding hydrogens is 500 g/mol. The number of rotatable bonds is 2. The molecule has 41 heavy (non-hydrogen) atoms. The molecule has 0 amide bonds. The van der Waals surface area contributed by atoms with Crippen molar-refractivity contribution in [3.8, 4) is 17.1 Å². The Morgan fingerprint density at radius 2 is 1.17 bits per heavy atom. The largest absolute Gasteiger partial charge is 0.292 e. The van der Waals surface area contributed by atoms with Gasteiger partial charge in [-0.05, 0) is 75.0 Å². The summed E-state index contributed by atoms with van der Waals surface area (Å²) in [5.74, 6) is 0.909. The zero-order chi connectivity index (χ0) is 27.7. The maximum Gasteiger partial charge on any atom is 0.146 e. The van der Waals surface area contributed by atoms with E-state index < -0.39 is 0 Å². The fraction of sp³-hybridized carbons (Fsp3) is 0.108. The highest BCUT2D eigenvalue weighted by Crippen LogP contribution is 2.41. The first kappa shape index (κ1) is 23.8. The molecule has 196 valence electrons. The Morgan fingerprint density at radius 1 is 0.561 bits per heavy atom. The van der Waals surface area contributed by atoms with Crippen LogP contribution in [-0.4, -0.2) is 19.5 Å². The van der Waals surface area contributed by atoms with Gasteiger partial charge in [0.15, 0.2) is 0 Å². The van der Waals surface area contributed by atoms with E-state index in [0.29, 0.717) is 0 Å². The predicted molar refractivity (Wildman–Crippen MR) is 171 cm³/mol. The van der Waals surface area contributed by atoms with Crippen LogP contribution in [0.3, 0.4) is 0 Å². The van der Waals surface area contributed by atoms with Crippen molar-refractivity contribution >= 4 is 54.4 Å². The van der Waals surface area contributed by atoms with Gasteiger partial charge < -0.3 is 0 Å². The Morgan fingerprint density at radius 3 is 1.90 bits per heavy atom. The SMILES string of the molecule is CC(C)(C)c1ccc(-n2c(-c3cc4ccccc4c4ccccc34)nc3c4cccnc4c4ncccc4c32)cc1. The standard InChI is InChI=1S/C37H28N4/c1-37(2,3)24-16-18-25(19-17-24)41-35-30-15-9-21-39-33(30)32-29(14-8-20-38-32)34(35)40-36(41)31-22-23-10-4-5-11-26(23)27-12-6-7-13-28(27)31/h4-22H,1-3H3. The number of benzene rings is 5. The topological polar surface area (TPSA) is 43.6 Å². The van der Waals surface area contributed by atoms with Gasteiger partial charge in [-0.2, -0.15) is 0 Å². The number of imidazole rings is 1. The number of pyridine rings is 2. The molecule has 0 spiro atoms. The van der Waals surface area contributed by atoms with Crippen LogP contribution in [-0.2, 0) is 5.41 Å². The molecule has 0 saturated heterocycles. The van der Waals surface area contributed by atoms with Gasteiger partial charge in [0, 0.05) is 34.4 Å². The van der Waals surface area contributed by atoms with Crippen molar-refractivity contribution in [2.24, 2.45) is 0 Å². The van der Waals surface area contributed by atoms with Crippen LogP contribution in [0.1, 0.15) is 26.3 Å². The maximum atomic E-state index is 5.46. The van der Waals surface area contributed by atoms with Crippen molar-refractivity contribution < 1.29 is 0 Å². The Balaban J connectivity index is 1.58. The molecule has 3 aromatic heterocycles. The molecule has 0 aliphatic carbocycles. The van der Waals surface area contributed by atoms with Gasteiger partial charge in [-0.3, -0.25) is 14.5 Å². The van der Waals surface area contributed by atoms with Crippen molar-refractivity contribution in [1.29, 1.82) is 0 Å². The summed E-state index contributed by atoms with van der Waals surface area (Å²) in [5.41, 5.74) is 7.27. The van der Waals surface area contributed by atoms with Crippen LogP contribution in [0.15, 0.2) is 116 Å². The number of hydrogen-bond donors (Lipinski definition) is 0. The van der Waals surface area contributed by atoms with Crippen LogP contribution in [0.4, 0.5) is 0 Å². The number of fused-ring (bicyclic) bond motifs is 9. The van der Waals surface area contributed by atoms with E-state index in [-0.39, 0.29) is 5.41 Å².